The molecule has 3 atom stereocenters. The predicted octanol–water partition coefficient (Wildman–Crippen LogP) is 12.4. The van der Waals surface area contributed by atoms with Gasteiger partial charge in [0, 0.05) is 6.42 Å². The summed E-state index contributed by atoms with van der Waals surface area (Å²) < 4.78 is 22.7. The van der Waals surface area contributed by atoms with Gasteiger partial charge in [-0.2, -0.15) is 0 Å². The van der Waals surface area contributed by atoms with E-state index < -0.39 is 11.8 Å². The molecule has 1 aliphatic rings. The van der Waals surface area contributed by atoms with Gasteiger partial charge in [0.05, 0.1) is 6.61 Å². The molecule has 4 aromatic carbocycles. The van der Waals surface area contributed by atoms with Crippen molar-refractivity contribution in [3.05, 3.63) is 119 Å². The molecule has 0 aliphatic carbocycles. The number of aromatic hydroxyl groups is 2. The maximum absolute atomic E-state index is 12.3. The minimum Gasteiger partial charge on any atom is -0.508 e. The highest BCUT2D eigenvalue weighted by Crippen LogP contribution is 2.51. The number of carbonyl (C=O) groups excluding carboxylic acids is 1. The third-order valence-corrected chi connectivity index (χ3v) is 10.8. The van der Waals surface area contributed by atoms with Gasteiger partial charge in [-0.1, -0.05) is 90.1 Å². The Balaban J connectivity index is 1.42. The van der Waals surface area contributed by atoms with Gasteiger partial charge in [-0.15, -0.1) is 0 Å². The molecule has 57 heavy (non-hydrogen) atoms. The van der Waals surface area contributed by atoms with E-state index in [0.29, 0.717) is 5.75 Å². The molecule has 7 heteroatoms. The summed E-state index contributed by atoms with van der Waals surface area (Å²) in [5, 5.41) is 20.1. The number of carbonyl (C=O) groups is 1. The SMILES string of the molecule is CC(C)(Cc1ccc(O)cc1)CC(C)(Cc1ccc(O)cc1)CC(C)(Cc1ccc(OC2CCCO2)cc1)CC(C)(C)Cc1ccc(OC(=O)OC(C)(C)C)cc1. The second kappa shape index (κ2) is 18.0. The molecule has 0 radical (unpaired) electrons. The lowest BCUT2D eigenvalue weighted by Gasteiger charge is -2.47. The van der Waals surface area contributed by atoms with Crippen LogP contribution in [0.4, 0.5) is 4.79 Å². The van der Waals surface area contributed by atoms with Crippen LogP contribution in [0.5, 0.6) is 23.0 Å². The first-order chi connectivity index (χ1) is 26.6. The van der Waals surface area contributed by atoms with Crippen LogP contribution in [-0.4, -0.2) is 34.9 Å². The van der Waals surface area contributed by atoms with Gasteiger partial charge in [0.15, 0.2) is 6.29 Å². The highest BCUT2D eigenvalue weighted by Gasteiger charge is 2.42. The molecule has 0 saturated carbocycles. The molecule has 0 bridgehead atoms. The first-order valence-electron chi connectivity index (χ1n) is 20.6. The Bertz CT molecular complexity index is 1870. The van der Waals surface area contributed by atoms with Crippen molar-refractivity contribution in [1.29, 1.82) is 0 Å². The smallest absolute Gasteiger partial charge is 0.508 e. The van der Waals surface area contributed by atoms with Crippen LogP contribution in [0, 0.1) is 21.7 Å². The van der Waals surface area contributed by atoms with Crippen molar-refractivity contribution in [3.63, 3.8) is 0 Å². The Morgan fingerprint density at radius 1 is 0.579 bits per heavy atom. The topological polar surface area (TPSA) is 94.5 Å². The van der Waals surface area contributed by atoms with Crippen molar-refractivity contribution < 1.29 is 34.0 Å². The summed E-state index contributed by atoms with van der Waals surface area (Å²) in [5.41, 5.74) is 3.91. The van der Waals surface area contributed by atoms with Gasteiger partial charge in [-0.3, -0.25) is 0 Å². The highest BCUT2D eigenvalue weighted by molar-refractivity contribution is 5.64. The van der Waals surface area contributed by atoms with Gasteiger partial charge < -0.3 is 29.2 Å². The van der Waals surface area contributed by atoms with Gasteiger partial charge in [0.25, 0.3) is 0 Å². The van der Waals surface area contributed by atoms with E-state index in [-0.39, 0.29) is 39.4 Å². The van der Waals surface area contributed by atoms with Crippen molar-refractivity contribution in [2.45, 2.75) is 132 Å². The third kappa shape index (κ3) is 14.4. The molecule has 1 heterocycles. The van der Waals surface area contributed by atoms with Crippen molar-refractivity contribution in [2.24, 2.45) is 21.7 Å². The van der Waals surface area contributed by atoms with Crippen LogP contribution >= 0.6 is 0 Å². The summed E-state index contributed by atoms with van der Waals surface area (Å²) in [5.74, 6) is 1.85. The van der Waals surface area contributed by atoms with Gasteiger partial charge in [0.2, 0.25) is 0 Å². The van der Waals surface area contributed by atoms with Crippen LogP contribution in [-0.2, 0) is 35.2 Å². The summed E-state index contributed by atoms with van der Waals surface area (Å²) in [6.45, 7) is 20.6. The van der Waals surface area contributed by atoms with Crippen molar-refractivity contribution in [1.82, 2.24) is 0 Å². The van der Waals surface area contributed by atoms with E-state index in [1.165, 1.54) is 22.3 Å². The molecule has 308 valence electrons. The predicted molar refractivity (Wildman–Crippen MR) is 228 cm³/mol. The number of phenols is 2. The molecular weight excluding hydrogens is 713 g/mol. The highest BCUT2D eigenvalue weighted by atomic mass is 16.7. The van der Waals surface area contributed by atoms with Gasteiger partial charge in [-0.25, -0.2) is 4.79 Å². The molecule has 5 rings (SSSR count). The zero-order valence-electron chi connectivity index (χ0n) is 35.8. The number of rotatable bonds is 17. The van der Waals surface area contributed by atoms with E-state index in [9.17, 15) is 15.0 Å². The van der Waals surface area contributed by atoms with E-state index in [2.05, 4.69) is 77.9 Å². The van der Waals surface area contributed by atoms with Gasteiger partial charge in [0.1, 0.15) is 28.6 Å². The normalized spacial score (nSPS) is 17.0. The maximum atomic E-state index is 12.3. The number of benzene rings is 4. The van der Waals surface area contributed by atoms with Crippen molar-refractivity contribution in [2.75, 3.05) is 6.61 Å². The van der Waals surface area contributed by atoms with Crippen LogP contribution in [0.15, 0.2) is 97.1 Å². The fraction of sp³-hybridized carbons (Fsp3) is 0.500. The Morgan fingerprint density at radius 3 is 1.39 bits per heavy atom. The summed E-state index contributed by atoms with van der Waals surface area (Å²) in [7, 11) is 0. The quantitative estimate of drug-likeness (QED) is 0.0814. The van der Waals surface area contributed by atoms with Crippen LogP contribution < -0.4 is 9.47 Å². The standard InChI is InChI=1S/C50H66O7/c1-46(2,3)57-45(53)56-43-26-16-37(17-27-43)30-48(6,7)34-50(9,32-39-18-24-42(25-19-39)55-44-11-10-28-54-44)35-49(8,31-38-14-22-41(52)23-15-38)33-47(4,5)29-36-12-20-40(51)21-13-36/h12-27,44,51-52H,10-11,28-35H2,1-9H3. The zero-order chi connectivity index (χ0) is 41.5. The van der Waals surface area contributed by atoms with Crippen LogP contribution in [0.25, 0.3) is 0 Å². The molecule has 0 amide bonds. The van der Waals surface area contributed by atoms with E-state index in [0.717, 1.165) is 70.1 Å². The number of phenolic OH excluding ortho intramolecular Hbond substituents is 2. The molecule has 0 aromatic heterocycles. The Labute approximate surface area is 341 Å². The molecule has 3 unspecified atom stereocenters. The molecule has 7 nitrogen and oxygen atoms in total. The summed E-state index contributed by atoms with van der Waals surface area (Å²) in [6, 6.07) is 31.7. The molecule has 0 spiro atoms. The van der Waals surface area contributed by atoms with Crippen molar-refractivity contribution >= 4 is 6.16 Å². The second-order valence-corrected chi connectivity index (χ2v) is 19.9. The monoisotopic (exact) mass is 778 g/mol. The summed E-state index contributed by atoms with van der Waals surface area (Å²) in [4.78, 5) is 12.3. The van der Waals surface area contributed by atoms with E-state index in [4.69, 9.17) is 18.9 Å². The minimum absolute atomic E-state index is 0.0382. The summed E-state index contributed by atoms with van der Waals surface area (Å²) >= 11 is 0. The van der Waals surface area contributed by atoms with E-state index in [1.807, 2.05) is 57.2 Å². The minimum atomic E-state index is -0.709. The van der Waals surface area contributed by atoms with Gasteiger partial charge in [-0.05, 0) is 165 Å². The average Bonchev–Trinajstić information content (AvgIpc) is 3.60. The fourth-order valence-electron chi connectivity index (χ4n) is 9.68. The lowest BCUT2D eigenvalue weighted by molar-refractivity contribution is -0.0390. The molecule has 1 fully saturated rings. The maximum Gasteiger partial charge on any atom is 0.514 e. The zero-order valence-corrected chi connectivity index (χ0v) is 35.8. The van der Waals surface area contributed by atoms with Gasteiger partial charge >= 0.3 is 6.16 Å². The Hall–Kier alpha value is -4.49. The largest absolute Gasteiger partial charge is 0.514 e. The lowest BCUT2D eigenvalue weighted by atomic mass is 9.58. The van der Waals surface area contributed by atoms with Crippen LogP contribution in [0.1, 0.15) is 117 Å². The molecular formula is C50H66O7. The molecule has 2 N–H and O–H groups in total. The number of hydrogen-bond donors (Lipinski definition) is 2. The van der Waals surface area contributed by atoms with E-state index in [1.54, 1.807) is 24.3 Å². The average molecular weight is 779 g/mol. The van der Waals surface area contributed by atoms with E-state index >= 15 is 0 Å². The first kappa shape index (κ1) is 43.6. The molecule has 1 saturated heterocycles. The summed E-state index contributed by atoms with van der Waals surface area (Å²) in [6.07, 6.45) is 7.47. The Kier molecular flexibility index (Phi) is 13.8. The lowest BCUT2D eigenvalue weighted by Crippen LogP contribution is -2.38. The second-order valence-electron chi connectivity index (χ2n) is 19.9. The van der Waals surface area contributed by atoms with Crippen LogP contribution in [0.2, 0.25) is 0 Å². The number of hydrogen-bond acceptors (Lipinski definition) is 7. The third-order valence-electron chi connectivity index (χ3n) is 10.8. The first-order valence-corrected chi connectivity index (χ1v) is 20.6. The fourth-order valence-corrected chi connectivity index (χ4v) is 9.68. The Morgan fingerprint density at radius 2 is 0.982 bits per heavy atom. The molecule has 1 aliphatic heterocycles. The van der Waals surface area contributed by atoms with Crippen LogP contribution in [0.3, 0.4) is 0 Å². The molecule has 4 aromatic rings. The van der Waals surface area contributed by atoms with Crippen molar-refractivity contribution in [3.8, 4) is 23.0 Å². The number of ether oxygens (including phenoxy) is 4.